The highest BCUT2D eigenvalue weighted by atomic mass is 32.1. The van der Waals surface area contributed by atoms with E-state index in [-0.39, 0.29) is 0 Å². The molecule has 2 aromatic heterocycles. The van der Waals surface area contributed by atoms with Crippen molar-refractivity contribution >= 4 is 33.8 Å². The van der Waals surface area contributed by atoms with Crippen LogP contribution in [0.5, 0.6) is 0 Å². The summed E-state index contributed by atoms with van der Waals surface area (Å²) in [5, 5.41) is 20.3. The van der Waals surface area contributed by atoms with Crippen LogP contribution >= 0.6 is 22.7 Å². The number of nitrogens with zero attached hydrogens (tertiary/aromatic N) is 2. The van der Waals surface area contributed by atoms with Gasteiger partial charge >= 0.3 is 17.8 Å². The lowest BCUT2D eigenvalue weighted by Crippen LogP contribution is -2.48. The fraction of sp³-hybridized carbons (Fsp3) is 0.200. The molecule has 0 unspecified atom stereocenters. The van der Waals surface area contributed by atoms with Crippen LogP contribution in [0.25, 0.3) is 11.1 Å². The lowest BCUT2D eigenvalue weighted by atomic mass is 9.95. The zero-order chi connectivity index (χ0) is 18.6. The maximum absolute atomic E-state index is 14.4. The maximum atomic E-state index is 14.4. The van der Waals surface area contributed by atoms with Gasteiger partial charge in [-0.15, -0.1) is 22.7 Å². The highest BCUT2D eigenvalue weighted by molar-refractivity contribution is 7.11. The van der Waals surface area contributed by atoms with E-state index in [1.807, 2.05) is 0 Å². The smallest absolute Gasteiger partial charge is 0.194 e. The van der Waals surface area contributed by atoms with Gasteiger partial charge in [0.25, 0.3) is 0 Å². The zero-order valence-electron chi connectivity index (χ0n) is 11.8. The van der Waals surface area contributed by atoms with Crippen LogP contribution in [0.1, 0.15) is 20.9 Å². The first-order chi connectivity index (χ1) is 11.6. The number of rotatable bonds is 2. The standard InChI is InChI=1S/C15H4F6N2S2/c16-13(17)11(7-1-3-24-9(7)5-22)12(14(18,19)15(13,20)21)8-2-4-25-10(8)6-23/h1-4H. The quantitative estimate of drug-likeness (QED) is 0.646. The minimum Gasteiger partial charge on any atom is -0.194 e. The summed E-state index contributed by atoms with van der Waals surface area (Å²) in [6.07, 6.45) is 0. The molecule has 10 heteroatoms. The summed E-state index contributed by atoms with van der Waals surface area (Å²) in [4.78, 5) is -0.788. The average molecular weight is 390 g/mol. The lowest BCUT2D eigenvalue weighted by molar-refractivity contribution is -0.254. The van der Waals surface area contributed by atoms with Gasteiger partial charge < -0.3 is 0 Å². The van der Waals surface area contributed by atoms with Gasteiger partial charge in [0.15, 0.2) is 0 Å². The molecule has 25 heavy (non-hydrogen) atoms. The minimum absolute atomic E-state index is 0.394. The number of hydrogen-bond acceptors (Lipinski definition) is 4. The molecule has 0 bridgehead atoms. The molecule has 1 aliphatic rings. The van der Waals surface area contributed by atoms with Crippen LogP contribution in [0, 0.1) is 22.7 Å². The minimum atomic E-state index is -5.70. The van der Waals surface area contributed by atoms with Crippen molar-refractivity contribution in [3.8, 4) is 12.1 Å². The molecular formula is C15H4F6N2S2. The molecule has 0 amide bonds. The molecule has 0 aromatic carbocycles. The summed E-state index contributed by atoms with van der Waals surface area (Å²) < 4.78 is 85.4. The Morgan fingerprint density at radius 1 is 0.720 bits per heavy atom. The molecule has 0 fully saturated rings. The summed E-state index contributed by atoms with van der Waals surface area (Å²) in [5.74, 6) is -16.1. The fourth-order valence-electron chi connectivity index (χ4n) is 2.62. The predicted molar refractivity (Wildman–Crippen MR) is 79.7 cm³/mol. The molecule has 2 nitrogen and oxygen atoms in total. The first kappa shape index (κ1) is 17.5. The molecule has 0 radical (unpaired) electrons. The van der Waals surface area contributed by atoms with Gasteiger partial charge in [-0.3, -0.25) is 0 Å². The van der Waals surface area contributed by atoms with E-state index in [1.54, 1.807) is 0 Å². The second-order valence-electron chi connectivity index (χ2n) is 5.02. The Kier molecular flexibility index (Phi) is 3.75. The Balaban J connectivity index is 2.48. The van der Waals surface area contributed by atoms with Crippen molar-refractivity contribution in [2.24, 2.45) is 0 Å². The second kappa shape index (κ2) is 5.35. The molecule has 0 saturated heterocycles. The summed E-state index contributed by atoms with van der Waals surface area (Å²) in [6, 6.07) is 4.91. The maximum Gasteiger partial charge on any atom is 0.380 e. The van der Waals surface area contributed by atoms with Crippen LogP contribution in [0.4, 0.5) is 26.3 Å². The van der Waals surface area contributed by atoms with Crippen LogP contribution in [0.3, 0.4) is 0 Å². The van der Waals surface area contributed by atoms with Crippen molar-refractivity contribution in [3.05, 3.63) is 43.8 Å². The topological polar surface area (TPSA) is 47.6 Å². The van der Waals surface area contributed by atoms with E-state index in [1.165, 1.54) is 22.9 Å². The summed E-state index contributed by atoms with van der Waals surface area (Å²) in [7, 11) is 0. The Bertz CT molecular complexity index is 895. The van der Waals surface area contributed by atoms with Gasteiger partial charge in [0.05, 0.1) is 0 Å². The number of allylic oxidation sites excluding steroid dienone is 2. The summed E-state index contributed by atoms with van der Waals surface area (Å²) in [6.45, 7) is 0. The Labute approximate surface area is 144 Å². The first-order valence-corrected chi connectivity index (χ1v) is 8.21. The molecule has 3 rings (SSSR count). The highest BCUT2D eigenvalue weighted by Crippen LogP contribution is 2.65. The highest BCUT2D eigenvalue weighted by Gasteiger charge is 2.80. The van der Waals surface area contributed by atoms with Crippen molar-refractivity contribution in [2.45, 2.75) is 17.8 Å². The molecular weight excluding hydrogens is 386 g/mol. The Morgan fingerprint density at radius 3 is 1.40 bits per heavy atom. The number of hydrogen-bond donors (Lipinski definition) is 0. The Hall–Kier alpha value is -2.30. The lowest BCUT2D eigenvalue weighted by Gasteiger charge is -2.25. The molecule has 0 atom stereocenters. The third-order valence-corrected chi connectivity index (χ3v) is 5.38. The number of halogens is 6. The molecule has 0 aliphatic heterocycles. The van der Waals surface area contributed by atoms with Gasteiger partial charge in [-0.1, -0.05) is 0 Å². The van der Waals surface area contributed by atoms with Crippen molar-refractivity contribution < 1.29 is 26.3 Å². The molecule has 0 saturated carbocycles. The van der Waals surface area contributed by atoms with Gasteiger partial charge in [-0.2, -0.15) is 36.9 Å². The first-order valence-electron chi connectivity index (χ1n) is 6.45. The number of nitriles is 2. The number of alkyl halides is 6. The molecule has 1 aliphatic carbocycles. The molecule has 2 aromatic rings. The number of thiophene rings is 2. The van der Waals surface area contributed by atoms with E-state index in [9.17, 15) is 26.3 Å². The third-order valence-electron chi connectivity index (χ3n) is 3.74. The third kappa shape index (κ3) is 2.08. The summed E-state index contributed by atoms with van der Waals surface area (Å²) >= 11 is 1.33. The molecule has 0 spiro atoms. The molecule has 2 heterocycles. The van der Waals surface area contributed by atoms with Crippen LogP contribution in [0.2, 0.25) is 0 Å². The van der Waals surface area contributed by atoms with Crippen molar-refractivity contribution in [1.82, 2.24) is 0 Å². The van der Waals surface area contributed by atoms with Crippen molar-refractivity contribution in [2.75, 3.05) is 0 Å². The largest absolute Gasteiger partial charge is 0.380 e. The zero-order valence-corrected chi connectivity index (χ0v) is 13.4. The normalized spacial score (nSPS) is 20.3. The predicted octanol–water partition coefficient (Wildman–Crippen LogP) is 5.38. The summed E-state index contributed by atoms with van der Waals surface area (Å²) in [5.41, 5.74) is -4.59. The van der Waals surface area contributed by atoms with Gasteiger partial charge in [0.2, 0.25) is 0 Å². The van der Waals surface area contributed by atoms with Gasteiger partial charge in [0.1, 0.15) is 21.9 Å². The van der Waals surface area contributed by atoms with Crippen LogP contribution in [-0.4, -0.2) is 17.8 Å². The van der Waals surface area contributed by atoms with Gasteiger partial charge in [-0.05, 0) is 22.9 Å². The monoisotopic (exact) mass is 390 g/mol. The van der Waals surface area contributed by atoms with E-state index in [0.717, 1.165) is 12.1 Å². The fourth-order valence-corrected chi connectivity index (χ4v) is 4.00. The van der Waals surface area contributed by atoms with Crippen molar-refractivity contribution in [1.29, 1.82) is 10.5 Å². The average Bonchev–Trinajstić information content (AvgIpc) is 3.21. The van der Waals surface area contributed by atoms with E-state index < -0.39 is 49.8 Å². The SMILES string of the molecule is N#Cc1sccc1C1=C(c2ccsc2C#N)C(F)(F)C(F)(F)C1(F)F. The van der Waals surface area contributed by atoms with E-state index >= 15 is 0 Å². The van der Waals surface area contributed by atoms with Crippen LogP contribution in [-0.2, 0) is 0 Å². The molecule has 0 N–H and O–H groups in total. The van der Waals surface area contributed by atoms with Crippen LogP contribution < -0.4 is 0 Å². The van der Waals surface area contributed by atoms with E-state index in [2.05, 4.69) is 0 Å². The second-order valence-corrected chi connectivity index (χ2v) is 6.86. The van der Waals surface area contributed by atoms with Crippen LogP contribution in [0.15, 0.2) is 22.9 Å². The van der Waals surface area contributed by atoms with E-state index in [4.69, 9.17) is 10.5 Å². The molecule has 128 valence electrons. The Morgan fingerprint density at radius 2 is 1.08 bits per heavy atom. The van der Waals surface area contributed by atoms with Gasteiger partial charge in [-0.25, -0.2) is 0 Å². The van der Waals surface area contributed by atoms with Crippen molar-refractivity contribution in [3.63, 3.8) is 0 Å². The van der Waals surface area contributed by atoms with Gasteiger partial charge in [0, 0.05) is 22.3 Å². The van der Waals surface area contributed by atoms with E-state index in [0.29, 0.717) is 22.7 Å².